The molecule has 0 bridgehead atoms. The molecule has 0 aromatic heterocycles. The molecule has 2 aromatic rings. The Morgan fingerprint density at radius 3 is 2.47 bits per heavy atom. The molecule has 0 saturated carbocycles. The molecule has 0 aliphatic carbocycles. The van der Waals surface area contributed by atoms with Gasteiger partial charge in [0.15, 0.2) is 0 Å². The van der Waals surface area contributed by atoms with Crippen LogP contribution in [0.2, 0.25) is 10.0 Å². The first kappa shape index (κ1) is 13.7. The van der Waals surface area contributed by atoms with E-state index in [0.717, 1.165) is 11.3 Å². The summed E-state index contributed by atoms with van der Waals surface area (Å²) < 4.78 is 0. The summed E-state index contributed by atoms with van der Waals surface area (Å²) in [5.41, 5.74) is 4.79. The van der Waals surface area contributed by atoms with Gasteiger partial charge < -0.3 is 0 Å². The summed E-state index contributed by atoms with van der Waals surface area (Å²) in [6.07, 6.45) is 5.51. The minimum atomic E-state index is 0.502. The summed E-state index contributed by atoms with van der Waals surface area (Å²) in [6, 6.07) is 15.3. The lowest BCUT2D eigenvalue weighted by Gasteiger charge is -2.00. The third-order valence-electron chi connectivity index (χ3n) is 2.36. The van der Waals surface area contributed by atoms with Gasteiger partial charge in [-0.15, -0.1) is 0 Å². The van der Waals surface area contributed by atoms with E-state index in [1.54, 1.807) is 18.3 Å². The summed E-state index contributed by atoms with van der Waals surface area (Å²) in [7, 11) is 0. The summed E-state index contributed by atoms with van der Waals surface area (Å²) in [4.78, 5) is 0. The third-order valence-corrected chi connectivity index (χ3v) is 3.10. The molecule has 19 heavy (non-hydrogen) atoms. The van der Waals surface area contributed by atoms with Crippen molar-refractivity contribution in [2.75, 3.05) is 5.43 Å². The molecule has 0 unspecified atom stereocenters. The van der Waals surface area contributed by atoms with Gasteiger partial charge in [0.2, 0.25) is 0 Å². The molecule has 2 aromatic carbocycles. The fraction of sp³-hybridized carbons (Fsp3) is 0. The van der Waals surface area contributed by atoms with Crippen molar-refractivity contribution in [3.8, 4) is 0 Å². The molecule has 0 radical (unpaired) electrons. The standard InChI is InChI=1S/C15H12Cl2N2/c16-14-9-8-13(11-15(14)17)19-18-10-4-7-12-5-2-1-3-6-12/h1-11,19H. The van der Waals surface area contributed by atoms with Crippen LogP contribution in [0.4, 0.5) is 5.69 Å². The van der Waals surface area contributed by atoms with Crippen molar-refractivity contribution in [2.45, 2.75) is 0 Å². The Morgan fingerprint density at radius 2 is 1.74 bits per heavy atom. The van der Waals surface area contributed by atoms with Crippen LogP contribution in [0, 0.1) is 0 Å². The molecule has 1 N–H and O–H groups in total. The number of benzene rings is 2. The molecule has 0 atom stereocenters. The van der Waals surface area contributed by atoms with Gasteiger partial charge in [0, 0.05) is 6.21 Å². The van der Waals surface area contributed by atoms with E-state index in [4.69, 9.17) is 23.2 Å². The van der Waals surface area contributed by atoms with Crippen LogP contribution in [0.5, 0.6) is 0 Å². The first-order valence-electron chi connectivity index (χ1n) is 5.71. The van der Waals surface area contributed by atoms with Crippen molar-refractivity contribution in [1.82, 2.24) is 0 Å². The van der Waals surface area contributed by atoms with Gasteiger partial charge in [0.1, 0.15) is 0 Å². The second kappa shape index (κ2) is 6.98. The Labute approximate surface area is 122 Å². The van der Waals surface area contributed by atoms with Crippen LogP contribution in [-0.4, -0.2) is 6.21 Å². The van der Waals surface area contributed by atoms with E-state index in [0.29, 0.717) is 10.0 Å². The highest BCUT2D eigenvalue weighted by Crippen LogP contribution is 2.24. The molecule has 0 spiro atoms. The fourth-order valence-electron chi connectivity index (χ4n) is 1.44. The predicted octanol–water partition coefficient (Wildman–Crippen LogP) is 5.10. The van der Waals surface area contributed by atoms with Crippen LogP contribution in [0.1, 0.15) is 5.56 Å². The molecule has 0 fully saturated rings. The van der Waals surface area contributed by atoms with Crippen molar-refractivity contribution < 1.29 is 0 Å². The average molecular weight is 291 g/mol. The van der Waals surface area contributed by atoms with Crippen LogP contribution in [0.25, 0.3) is 6.08 Å². The fourth-order valence-corrected chi connectivity index (χ4v) is 1.74. The van der Waals surface area contributed by atoms with Gasteiger partial charge >= 0.3 is 0 Å². The Kier molecular flexibility index (Phi) is 5.01. The number of rotatable bonds is 4. The van der Waals surface area contributed by atoms with Crippen molar-refractivity contribution in [3.05, 3.63) is 70.2 Å². The van der Waals surface area contributed by atoms with Gasteiger partial charge in [-0.1, -0.05) is 59.6 Å². The second-order valence-electron chi connectivity index (χ2n) is 3.79. The van der Waals surface area contributed by atoms with Crippen LogP contribution in [-0.2, 0) is 0 Å². The molecular formula is C15H12Cl2N2. The lowest BCUT2D eigenvalue weighted by atomic mass is 10.2. The number of hydrazone groups is 1. The highest BCUT2D eigenvalue weighted by Gasteiger charge is 1.97. The molecular weight excluding hydrogens is 279 g/mol. The predicted molar refractivity (Wildman–Crippen MR) is 84.1 cm³/mol. The second-order valence-corrected chi connectivity index (χ2v) is 4.60. The van der Waals surface area contributed by atoms with Gasteiger partial charge in [-0.3, -0.25) is 5.43 Å². The van der Waals surface area contributed by atoms with Gasteiger partial charge in [-0.25, -0.2) is 0 Å². The number of halogens is 2. The zero-order valence-electron chi connectivity index (χ0n) is 10.1. The SMILES string of the molecule is Clc1ccc(NN=CC=Cc2ccccc2)cc1Cl. The number of nitrogens with one attached hydrogen (secondary N) is 1. The highest BCUT2D eigenvalue weighted by molar-refractivity contribution is 6.42. The molecule has 0 heterocycles. The molecule has 96 valence electrons. The maximum absolute atomic E-state index is 5.90. The third kappa shape index (κ3) is 4.43. The topological polar surface area (TPSA) is 24.4 Å². The van der Waals surface area contributed by atoms with Gasteiger partial charge in [-0.05, 0) is 29.8 Å². The van der Waals surface area contributed by atoms with E-state index in [9.17, 15) is 0 Å². The molecule has 0 saturated heterocycles. The van der Waals surface area contributed by atoms with Gasteiger partial charge in [-0.2, -0.15) is 5.10 Å². The zero-order chi connectivity index (χ0) is 13.5. The summed E-state index contributed by atoms with van der Waals surface area (Å²) >= 11 is 11.7. The molecule has 0 aliphatic rings. The maximum Gasteiger partial charge on any atom is 0.0613 e. The number of hydrogen-bond donors (Lipinski definition) is 1. The van der Waals surface area contributed by atoms with Crippen LogP contribution < -0.4 is 5.43 Å². The molecule has 0 amide bonds. The van der Waals surface area contributed by atoms with Crippen LogP contribution in [0.3, 0.4) is 0 Å². The van der Waals surface area contributed by atoms with E-state index >= 15 is 0 Å². The summed E-state index contributed by atoms with van der Waals surface area (Å²) in [5.74, 6) is 0. The summed E-state index contributed by atoms with van der Waals surface area (Å²) in [5, 5.41) is 5.09. The van der Waals surface area contributed by atoms with Gasteiger partial charge in [0.25, 0.3) is 0 Å². The molecule has 4 heteroatoms. The molecule has 2 rings (SSSR count). The van der Waals surface area contributed by atoms with Gasteiger partial charge in [0.05, 0.1) is 15.7 Å². The number of anilines is 1. The van der Waals surface area contributed by atoms with E-state index in [-0.39, 0.29) is 0 Å². The van der Waals surface area contributed by atoms with Crippen molar-refractivity contribution in [1.29, 1.82) is 0 Å². The van der Waals surface area contributed by atoms with E-state index in [1.165, 1.54) is 0 Å². The molecule has 2 nitrogen and oxygen atoms in total. The largest absolute Gasteiger partial charge is 0.278 e. The van der Waals surface area contributed by atoms with Crippen molar-refractivity contribution >= 4 is 41.2 Å². The lowest BCUT2D eigenvalue weighted by molar-refractivity contribution is 1.36. The smallest absolute Gasteiger partial charge is 0.0613 e. The average Bonchev–Trinajstić information content (AvgIpc) is 2.43. The highest BCUT2D eigenvalue weighted by atomic mass is 35.5. The monoisotopic (exact) mass is 290 g/mol. The number of allylic oxidation sites excluding steroid dienone is 1. The van der Waals surface area contributed by atoms with Crippen LogP contribution in [0.15, 0.2) is 59.7 Å². The van der Waals surface area contributed by atoms with Crippen molar-refractivity contribution in [2.24, 2.45) is 5.10 Å². The van der Waals surface area contributed by atoms with Crippen molar-refractivity contribution in [3.63, 3.8) is 0 Å². The quantitative estimate of drug-likeness (QED) is 0.614. The summed E-state index contributed by atoms with van der Waals surface area (Å²) in [6.45, 7) is 0. The minimum absolute atomic E-state index is 0.502. The maximum atomic E-state index is 5.90. The van der Waals surface area contributed by atoms with E-state index < -0.39 is 0 Å². The number of nitrogens with zero attached hydrogens (tertiary/aromatic N) is 1. The normalized spacial score (nSPS) is 11.3. The first-order valence-corrected chi connectivity index (χ1v) is 6.47. The first-order chi connectivity index (χ1) is 9.25. The minimum Gasteiger partial charge on any atom is -0.278 e. The number of hydrogen-bond acceptors (Lipinski definition) is 2. The Hall–Kier alpha value is -1.77. The Morgan fingerprint density at radius 1 is 0.947 bits per heavy atom. The zero-order valence-corrected chi connectivity index (χ0v) is 11.6. The van der Waals surface area contributed by atoms with E-state index in [2.05, 4.69) is 10.5 Å². The Balaban J connectivity index is 1.90. The van der Waals surface area contributed by atoms with Crippen LogP contribution >= 0.6 is 23.2 Å². The molecule has 0 aliphatic heterocycles. The van der Waals surface area contributed by atoms with E-state index in [1.807, 2.05) is 48.6 Å². The lowest BCUT2D eigenvalue weighted by Crippen LogP contribution is -1.87. The Bertz CT molecular complexity index is 592.